The van der Waals surface area contributed by atoms with Gasteiger partial charge in [0.05, 0.1) is 18.0 Å². The summed E-state index contributed by atoms with van der Waals surface area (Å²) in [5.74, 6) is 0.597. The van der Waals surface area contributed by atoms with E-state index in [1.807, 2.05) is 50.8 Å². The molecule has 1 aromatic carbocycles. The molecule has 29 heavy (non-hydrogen) atoms. The highest BCUT2D eigenvalue weighted by atomic mass is 35.5. The first-order valence-electron chi connectivity index (χ1n) is 10.5. The van der Waals surface area contributed by atoms with Crippen LogP contribution in [-0.4, -0.2) is 46.7 Å². The van der Waals surface area contributed by atoms with Crippen molar-refractivity contribution in [1.82, 2.24) is 15.3 Å². The topological polar surface area (TPSA) is 78.4 Å². The minimum absolute atomic E-state index is 0.105. The second-order valence-electron chi connectivity index (χ2n) is 6.53. The van der Waals surface area contributed by atoms with Crippen molar-refractivity contribution in [3.8, 4) is 0 Å². The lowest BCUT2D eigenvalue weighted by Crippen LogP contribution is -2.36. The number of aromatic nitrogens is 2. The molecule has 0 saturated heterocycles. The average Bonchev–Trinajstić information content (AvgIpc) is 2.66. The molecule has 1 heterocycles. The highest BCUT2D eigenvalue weighted by molar-refractivity contribution is 6.28. The molecule has 2 N–H and O–H groups in total. The van der Waals surface area contributed by atoms with Crippen LogP contribution in [0.2, 0.25) is 5.28 Å². The number of benzene rings is 1. The molecule has 0 spiro atoms. The second-order valence-corrected chi connectivity index (χ2v) is 6.86. The minimum atomic E-state index is -0.639. The van der Waals surface area contributed by atoms with Crippen molar-refractivity contribution in [2.75, 3.05) is 24.5 Å². The molecule has 0 aliphatic rings. The van der Waals surface area contributed by atoms with Gasteiger partial charge in [-0.05, 0) is 50.1 Å². The zero-order valence-electron chi connectivity index (χ0n) is 18.9. The monoisotopic (exact) mass is 424 g/mol. The van der Waals surface area contributed by atoms with E-state index in [9.17, 15) is 9.90 Å². The first-order valence-corrected chi connectivity index (χ1v) is 10.8. The molecule has 2 rings (SSSR count). The van der Waals surface area contributed by atoms with E-state index in [-0.39, 0.29) is 17.6 Å². The van der Waals surface area contributed by atoms with Crippen LogP contribution < -0.4 is 10.2 Å². The summed E-state index contributed by atoms with van der Waals surface area (Å²) in [5, 5.41) is 13.2. The van der Waals surface area contributed by atoms with E-state index >= 15 is 0 Å². The third-order valence-corrected chi connectivity index (χ3v) is 3.84. The molecule has 1 atom stereocenters. The maximum Gasteiger partial charge on any atom is 0.224 e. The number of amides is 1. The highest BCUT2D eigenvalue weighted by Gasteiger charge is 2.14. The van der Waals surface area contributed by atoms with E-state index < -0.39 is 6.10 Å². The average molecular weight is 425 g/mol. The summed E-state index contributed by atoms with van der Waals surface area (Å²) < 4.78 is 0. The van der Waals surface area contributed by atoms with E-state index in [0.717, 1.165) is 28.8 Å². The predicted octanol–water partition coefficient (Wildman–Crippen LogP) is 4.75. The molecule has 7 heteroatoms. The number of rotatable bonds is 7. The number of nitrogens with zero attached hydrogens (tertiary/aromatic N) is 3. The van der Waals surface area contributed by atoms with Gasteiger partial charge >= 0.3 is 0 Å². The third kappa shape index (κ3) is 9.90. The van der Waals surface area contributed by atoms with Crippen LogP contribution in [0, 0.1) is 6.92 Å². The Balaban J connectivity index is 0.00000143. The summed E-state index contributed by atoms with van der Waals surface area (Å²) in [4.78, 5) is 22.3. The molecule has 2 aromatic rings. The van der Waals surface area contributed by atoms with Gasteiger partial charge in [-0.15, -0.1) is 0 Å². The molecule has 0 aliphatic carbocycles. The summed E-state index contributed by atoms with van der Waals surface area (Å²) in [6.45, 7) is 15.7. The van der Waals surface area contributed by atoms with Crippen LogP contribution in [0.1, 0.15) is 59.9 Å². The number of carbonyl (C=O) groups excluding carboxylic acids is 1. The normalized spacial score (nSPS) is 10.9. The lowest BCUT2D eigenvalue weighted by atomic mass is 10.1. The van der Waals surface area contributed by atoms with Crippen molar-refractivity contribution < 1.29 is 9.90 Å². The first kappa shape index (κ1) is 27.1. The van der Waals surface area contributed by atoms with E-state index in [4.69, 9.17) is 11.6 Å². The van der Waals surface area contributed by atoms with Crippen molar-refractivity contribution in [2.45, 2.75) is 67.4 Å². The predicted molar refractivity (Wildman–Crippen MR) is 124 cm³/mol. The molecule has 0 saturated carbocycles. The van der Waals surface area contributed by atoms with Gasteiger partial charge in [-0.3, -0.25) is 4.79 Å². The zero-order valence-corrected chi connectivity index (χ0v) is 19.7. The summed E-state index contributed by atoms with van der Waals surface area (Å²) in [6, 6.07) is 5.98. The van der Waals surface area contributed by atoms with Crippen molar-refractivity contribution >= 4 is 34.2 Å². The number of hydrogen-bond acceptors (Lipinski definition) is 5. The molecule has 1 aromatic heterocycles. The number of anilines is 1. The Kier molecular flexibility index (Phi) is 14.0. The Labute approximate surface area is 180 Å². The Morgan fingerprint density at radius 2 is 1.86 bits per heavy atom. The van der Waals surface area contributed by atoms with E-state index in [0.29, 0.717) is 13.1 Å². The Morgan fingerprint density at radius 3 is 2.41 bits per heavy atom. The van der Waals surface area contributed by atoms with Crippen LogP contribution in [0.15, 0.2) is 18.2 Å². The number of aryl methyl sites for hydroxylation is 1. The molecule has 0 radical (unpaired) electrons. The smallest absolute Gasteiger partial charge is 0.224 e. The number of nitrogens with one attached hydrogen (secondary N) is 1. The third-order valence-electron chi connectivity index (χ3n) is 3.67. The standard InChI is InChI=1S/C17H23ClN4O2.C3H8.C2H6/c1-4-22(8-7-19-15(24)10-12(3)23)16-13-6-5-11(2)9-14(13)20-17(18)21-16;1-3-2;1-2/h5-6,9,12,23H,4,7-8,10H2,1-3H3,(H,19,24);3H2,1-2H3;1-2H3. The maximum atomic E-state index is 11.6. The zero-order chi connectivity index (χ0) is 22.4. The maximum absolute atomic E-state index is 11.6. The van der Waals surface area contributed by atoms with Gasteiger partial charge < -0.3 is 15.3 Å². The first-order chi connectivity index (χ1) is 13.8. The van der Waals surface area contributed by atoms with Crippen molar-refractivity contribution in [3.63, 3.8) is 0 Å². The lowest BCUT2D eigenvalue weighted by Gasteiger charge is -2.23. The number of halogens is 1. The van der Waals surface area contributed by atoms with Crippen LogP contribution in [0.25, 0.3) is 10.9 Å². The fourth-order valence-corrected chi connectivity index (χ4v) is 2.69. The number of aliphatic hydroxyl groups is 1. The van der Waals surface area contributed by atoms with Crippen molar-refractivity contribution in [1.29, 1.82) is 0 Å². The Morgan fingerprint density at radius 1 is 1.24 bits per heavy atom. The minimum Gasteiger partial charge on any atom is -0.393 e. The van der Waals surface area contributed by atoms with Crippen molar-refractivity contribution in [3.05, 3.63) is 29.0 Å². The lowest BCUT2D eigenvalue weighted by molar-refractivity contribution is -0.122. The van der Waals surface area contributed by atoms with Crippen LogP contribution in [0.5, 0.6) is 0 Å². The van der Waals surface area contributed by atoms with Crippen LogP contribution in [-0.2, 0) is 4.79 Å². The van der Waals surface area contributed by atoms with Gasteiger partial charge in [0.2, 0.25) is 11.2 Å². The Bertz CT molecular complexity index is 733. The number of likely N-dealkylation sites (N-methyl/N-ethyl adjacent to an activating group) is 1. The van der Waals surface area contributed by atoms with Gasteiger partial charge in [0.1, 0.15) is 5.82 Å². The van der Waals surface area contributed by atoms with Gasteiger partial charge in [-0.25, -0.2) is 4.98 Å². The summed E-state index contributed by atoms with van der Waals surface area (Å²) in [7, 11) is 0. The van der Waals surface area contributed by atoms with Gasteiger partial charge in [0.15, 0.2) is 0 Å². The molecular formula is C22H37ClN4O2. The quantitative estimate of drug-likeness (QED) is 0.627. The molecule has 1 unspecified atom stereocenters. The largest absolute Gasteiger partial charge is 0.393 e. The Hall–Kier alpha value is -1.92. The molecule has 0 fully saturated rings. The fraction of sp³-hybridized carbons (Fsp3) is 0.591. The molecule has 0 aliphatic heterocycles. The molecule has 164 valence electrons. The van der Waals surface area contributed by atoms with Gasteiger partial charge in [0, 0.05) is 25.0 Å². The van der Waals surface area contributed by atoms with Crippen LogP contribution in [0.3, 0.4) is 0 Å². The number of aliphatic hydroxyl groups excluding tert-OH is 1. The van der Waals surface area contributed by atoms with Gasteiger partial charge in [-0.2, -0.15) is 4.98 Å². The SMILES string of the molecule is CC.CCC.CCN(CCNC(=O)CC(C)O)c1nc(Cl)nc2cc(C)ccc12. The summed E-state index contributed by atoms with van der Waals surface area (Å²) in [6.07, 6.45) is 0.716. The molecule has 1 amide bonds. The van der Waals surface area contributed by atoms with E-state index in [1.165, 1.54) is 6.42 Å². The van der Waals surface area contributed by atoms with Crippen molar-refractivity contribution in [2.24, 2.45) is 0 Å². The van der Waals surface area contributed by atoms with Crippen LogP contribution >= 0.6 is 11.6 Å². The molecule has 6 nitrogen and oxygen atoms in total. The number of hydrogen-bond donors (Lipinski definition) is 2. The van der Waals surface area contributed by atoms with Gasteiger partial charge in [-0.1, -0.05) is 40.2 Å². The highest BCUT2D eigenvalue weighted by Crippen LogP contribution is 2.26. The summed E-state index contributed by atoms with van der Waals surface area (Å²) >= 11 is 6.07. The van der Waals surface area contributed by atoms with E-state index in [1.54, 1.807) is 6.92 Å². The fourth-order valence-electron chi connectivity index (χ4n) is 2.52. The number of fused-ring (bicyclic) bond motifs is 1. The van der Waals surface area contributed by atoms with Crippen LogP contribution in [0.4, 0.5) is 5.82 Å². The number of carbonyl (C=O) groups is 1. The van der Waals surface area contributed by atoms with E-state index in [2.05, 4.69) is 29.1 Å². The molecular weight excluding hydrogens is 388 g/mol. The summed E-state index contributed by atoms with van der Waals surface area (Å²) in [5.41, 5.74) is 1.92. The second kappa shape index (κ2) is 15.0. The molecule has 0 bridgehead atoms. The van der Waals surface area contributed by atoms with Gasteiger partial charge in [0.25, 0.3) is 0 Å².